The van der Waals surface area contributed by atoms with Gasteiger partial charge >= 0.3 is 0 Å². The zero-order chi connectivity index (χ0) is 30.8. The molecule has 10 heteroatoms. The summed E-state index contributed by atoms with van der Waals surface area (Å²) < 4.78 is 40.6. The summed E-state index contributed by atoms with van der Waals surface area (Å²) in [6.45, 7) is 0.0141. The van der Waals surface area contributed by atoms with Crippen LogP contribution in [0.2, 0.25) is 5.02 Å². The Balaban J connectivity index is 1.60. The summed E-state index contributed by atoms with van der Waals surface area (Å²) in [6, 6.07) is 21.6. The first-order valence-corrected chi connectivity index (χ1v) is 17.0. The number of carbonyl (C=O) groups excluding carboxylic acids is 2. The summed E-state index contributed by atoms with van der Waals surface area (Å²) in [6.07, 6.45) is 6.45. The number of sulfonamides is 1. The molecule has 1 atom stereocenters. The minimum Gasteiger partial charge on any atom is -0.352 e. The van der Waals surface area contributed by atoms with Crippen molar-refractivity contribution in [2.75, 3.05) is 17.1 Å². The molecule has 0 spiro atoms. The molecule has 0 unspecified atom stereocenters. The number of hydrogen-bond donors (Lipinski definition) is 1. The Kier molecular flexibility index (Phi) is 11.6. The second kappa shape index (κ2) is 15.3. The standard InChI is InChI=1S/C33H39ClFN3O4S/c1-43(41,42)38(30-20-11-10-19-29(30)35)22-12-21-32(39)37(24-26-15-8-9-18-28(26)34)31(23-25-13-4-2-5-14-25)33(40)36-27-16-6-3-7-17-27/h2,4-5,8-11,13-15,18-20,27,31H,3,6-7,12,16-17,21-24H2,1H3,(H,36,40)/t31-/m0/s1. The van der Waals surface area contributed by atoms with E-state index in [2.05, 4.69) is 5.32 Å². The molecule has 230 valence electrons. The molecule has 1 N–H and O–H groups in total. The summed E-state index contributed by atoms with van der Waals surface area (Å²) in [5, 5.41) is 3.68. The third kappa shape index (κ3) is 9.28. The lowest BCUT2D eigenvalue weighted by Crippen LogP contribution is -2.53. The van der Waals surface area contributed by atoms with Crippen LogP contribution < -0.4 is 9.62 Å². The Hall–Kier alpha value is -3.43. The van der Waals surface area contributed by atoms with Crippen molar-refractivity contribution in [2.24, 2.45) is 0 Å². The first-order chi connectivity index (χ1) is 20.6. The Morgan fingerprint density at radius 1 is 0.953 bits per heavy atom. The van der Waals surface area contributed by atoms with Crippen molar-refractivity contribution in [2.45, 2.75) is 70.0 Å². The van der Waals surface area contributed by atoms with E-state index >= 15 is 0 Å². The van der Waals surface area contributed by atoms with Crippen molar-refractivity contribution in [3.8, 4) is 0 Å². The van der Waals surface area contributed by atoms with E-state index in [1.54, 1.807) is 23.1 Å². The van der Waals surface area contributed by atoms with Crippen molar-refractivity contribution in [3.05, 3.63) is 101 Å². The van der Waals surface area contributed by atoms with Crippen LogP contribution in [0, 0.1) is 5.82 Å². The van der Waals surface area contributed by atoms with Crippen molar-refractivity contribution >= 4 is 39.1 Å². The molecule has 4 rings (SSSR count). The molecular formula is C33H39ClFN3O4S. The molecule has 2 amide bonds. The molecule has 43 heavy (non-hydrogen) atoms. The zero-order valence-corrected chi connectivity index (χ0v) is 26.0. The number of nitrogens with one attached hydrogen (secondary N) is 1. The molecule has 0 aromatic heterocycles. The normalized spacial score (nSPS) is 14.6. The highest BCUT2D eigenvalue weighted by Crippen LogP contribution is 2.25. The largest absolute Gasteiger partial charge is 0.352 e. The fourth-order valence-electron chi connectivity index (χ4n) is 5.54. The van der Waals surface area contributed by atoms with Gasteiger partial charge in [0.15, 0.2) is 0 Å². The molecule has 7 nitrogen and oxygen atoms in total. The molecule has 0 heterocycles. The maximum absolute atomic E-state index is 14.5. The molecule has 1 aliphatic carbocycles. The highest BCUT2D eigenvalue weighted by atomic mass is 35.5. The van der Waals surface area contributed by atoms with Gasteiger partial charge in [-0.1, -0.05) is 91.5 Å². The number of para-hydroxylation sites is 1. The van der Waals surface area contributed by atoms with Crippen molar-refractivity contribution in [1.29, 1.82) is 0 Å². The van der Waals surface area contributed by atoms with Crippen LogP contribution in [0.25, 0.3) is 0 Å². The smallest absolute Gasteiger partial charge is 0.243 e. The Morgan fingerprint density at radius 2 is 1.60 bits per heavy atom. The molecule has 1 saturated carbocycles. The number of rotatable bonds is 13. The SMILES string of the molecule is CS(=O)(=O)N(CCCC(=O)N(Cc1ccccc1Cl)[C@@H](Cc1ccccc1)C(=O)NC1CCCCC1)c1ccccc1F. The van der Waals surface area contributed by atoms with E-state index < -0.39 is 21.9 Å². The van der Waals surface area contributed by atoms with E-state index in [1.165, 1.54) is 18.2 Å². The highest BCUT2D eigenvalue weighted by Gasteiger charge is 2.32. The summed E-state index contributed by atoms with van der Waals surface area (Å²) in [5.74, 6) is -1.20. The van der Waals surface area contributed by atoms with Crippen LogP contribution in [0.4, 0.5) is 10.1 Å². The van der Waals surface area contributed by atoms with Gasteiger partial charge in [-0.05, 0) is 48.6 Å². The van der Waals surface area contributed by atoms with Gasteiger partial charge < -0.3 is 10.2 Å². The minimum absolute atomic E-state index is 0.0487. The van der Waals surface area contributed by atoms with Gasteiger partial charge in [0.05, 0.1) is 11.9 Å². The first kappa shape index (κ1) is 32.5. The van der Waals surface area contributed by atoms with Crippen molar-refractivity contribution in [1.82, 2.24) is 10.2 Å². The molecule has 0 saturated heterocycles. The van der Waals surface area contributed by atoms with E-state index in [0.717, 1.165) is 48.2 Å². The molecule has 0 radical (unpaired) electrons. The van der Waals surface area contributed by atoms with Crippen LogP contribution >= 0.6 is 11.6 Å². The van der Waals surface area contributed by atoms with Gasteiger partial charge in [0.2, 0.25) is 21.8 Å². The van der Waals surface area contributed by atoms with Gasteiger partial charge in [0.25, 0.3) is 0 Å². The number of carbonyl (C=O) groups is 2. The van der Waals surface area contributed by atoms with E-state index in [4.69, 9.17) is 11.6 Å². The molecular weight excluding hydrogens is 589 g/mol. The second-order valence-electron chi connectivity index (χ2n) is 11.1. The quantitative estimate of drug-likeness (QED) is 0.248. The number of hydrogen-bond acceptors (Lipinski definition) is 4. The third-order valence-electron chi connectivity index (χ3n) is 7.79. The van der Waals surface area contributed by atoms with Crippen LogP contribution in [0.3, 0.4) is 0 Å². The third-order valence-corrected chi connectivity index (χ3v) is 9.34. The zero-order valence-electron chi connectivity index (χ0n) is 24.4. The Bertz CT molecular complexity index is 1480. The number of nitrogens with zero attached hydrogens (tertiary/aromatic N) is 2. The molecule has 1 fully saturated rings. The lowest BCUT2D eigenvalue weighted by molar-refractivity contribution is -0.141. The fourth-order valence-corrected chi connectivity index (χ4v) is 6.71. The number of anilines is 1. The van der Waals surface area contributed by atoms with Gasteiger partial charge in [-0.25, -0.2) is 12.8 Å². The van der Waals surface area contributed by atoms with Crippen molar-refractivity contribution in [3.63, 3.8) is 0 Å². The van der Waals surface area contributed by atoms with Gasteiger partial charge in [-0.2, -0.15) is 0 Å². The van der Waals surface area contributed by atoms with Crippen LogP contribution in [-0.4, -0.2) is 50.0 Å². The molecule has 0 bridgehead atoms. The summed E-state index contributed by atoms with van der Waals surface area (Å²) in [7, 11) is -3.81. The maximum Gasteiger partial charge on any atom is 0.243 e. The van der Waals surface area contributed by atoms with Gasteiger partial charge in [0.1, 0.15) is 11.9 Å². The predicted octanol–water partition coefficient (Wildman–Crippen LogP) is 6.11. The monoisotopic (exact) mass is 627 g/mol. The second-order valence-corrected chi connectivity index (χ2v) is 13.4. The Labute approximate surface area is 259 Å². The number of benzene rings is 3. The summed E-state index contributed by atoms with van der Waals surface area (Å²) in [5.41, 5.74) is 1.54. The minimum atomic E-state index is -3.81. The van der Waals surface area contributed by atoms with Crippen LogP contribution in [0.5, 0.6) is 0 Å². The summed E-state index contributed by atoms with van der Waals surface area (Å²) >= 11 is 6.50. The van der Waals surface area contributed by atoms with Crippen molar-refractivity contribution < 1.29 is 22.4 Å². The molecule has 3 aromatic carbocycles. The van der Waals surface area contributed by atoms with Gasteiger partial charge in [0, 0.05) is 37.0 Å². The predicted molar refractivity (Wildman–Crippen MR) is 169 cm³/mol. The number of halogens is 2. The topological polar surface area (TPSA) is 86.8 Å². The van der Waals surface area contributed by atoms with Crippen LogP contribution in [0.1, 0.15) is 56.1 Å². The van der Waals surface area contributed by atoms with Gasteiger partial charge in [-0.3, -0.25) is 13.9 Å². The lowest BCUT2D eigenvalue weighted by atomic mass is 9.94. The van der Waals surface area contributed by atoms with Gasteiger partial charge in [-0.15, -0.1) is 0 Å². The maximum atomic E-state index is 14.5. The first-order valence-electron chi connectivity index (χ1n) is 14.7. The average Bonchev–Trinajstić information content (AvgIpc) is 2.99. The summed E-state index contributed by atoms with van der Waals surface area (Å²) in [4.78, 5) is 29.4. The highest BCUT2D eigenvalue weighted by molar-refractivity contribution is 7.92. The van der Waals surface area contributed by atoms with Crippen LogP contribution in [-0.2, 0) is 32.6 Å². The molecule has 1 aliphatic rings. The average molecular weight is 628 g/mol. The fraction of sp³-hybridized carbons (Fsp3) is 0.394. The van der Waals surface area contributed by atoms with Crippen LogP contribution in [0.15, 0.2) is 78.9 Å². The lowest BCUT2D eigenvalue weighted by Gasteiger charge is -2.34. The van der Waals surface area contributed by atoms with E-state index in [-0.39, 0.29) is 49.5 Å². The van der Waals surface area contributed by atoms with E-state index in [9.17, 15) is 22.4 Å². The molecule has 0 aliphatic heterocycles. The molecule has 3 aromatic rings. The van der Waals surface area contributed by atoms with E-state index in [1.807, 2.05) is 42.5 Å². The van der Waals surface area contributed by atoms with E-state index in [0.29, 0.717) is 17.0 Å². The number of amides is 2. The Morgan fingerprint density at radius 3 is 2.28 bits per heavy atom.